The molecule has 2 aliphatic heterocycles. The first-order chi connectivity index (χ1) is 25.2. The van der Waals surface area contributed by atoms with E-state index in [1.807, 2.05) is 12.1 Å². The van der Waals surface area contributed by atoms with Crippen molar-refractivity contribution in [3.63, 3.8) is 0 Å². The van der Waals surface area contributed by atoms with Crippen LogP contribution in [0.1, 0.15) is 79.3 Å². The highest BCUT2D eigenvalue weighted by atomic mass is 19.4. The number of nitrogens with zero attached hydrogens (tertiary/aromatic N) is 5. The van der Waals surface area contributed by atoms with Crippen molar-refractivity contribution >= 4 is 34.3 Å². The predicted molar refractivity (Wildman–Crippen MR) is 183 cm³/mol. The molecule has 278 valence electrons. The molecule has 0 unspecified atom stereocenters. The molecule has 3 atom stereocenters. The van der Waals surface area contributed by atoms with Gasteiger partial charge in [-0.15, -0.1) is 13.2 Å². The van der Waals surface area contributed by atoms with Crippen molar-refractivity contribution in [1.29, 1.82) is 0 Å². The minimum atomic E-state index is -5.13. The number of aryl methyl sites for hydroxylation is 2. The Kier molecular flexibility index (Phi) is 9.53. The molecule has 2 amide bonds. The Hall–Kier alpha value is -5.21. The zero-order valence-corrected chi connectivity index (χ0v) is 29.3. The molecule has 1 saturated carbocycles. The highest BCUT2D eigenvalue weighted by Crippen LogP contribution is 2.59. The summed E-state index contributed by atoms with van der Waals surface area (Å²) in [6, 6.07) is 5.58. The van der Waals surface area contributed by atoms with Crippen LogP contribution in [0.25, 0.3) is 22.0 Å². The molecular formula is C38H38F4N6O5. The minimum Gasteiger partial charge on any atom is -0.403 e. The zero-order chi connectivity index (χ0) is 37.7. The first-order valence-corrected chi connectivity index (χ1v) is 17.7. The second kappa shape index (κ2) is 14.0. The van der Waals surface area contributed by atoms with E-state index in [-0.39, 0.29) is 42.5 Å². The van der Waals surface area contributed by atoms with Gasteiger partial charge in [0.2, 0.25) is 11.8 Å². The number of halogens is 4. The van der Waals surface area contributed by atoms with Crippen LogP contribution < -0.4 is 10.1 Å². The number of ether oxygens (including phenoxy) is 1. The standard InChI is InChI=1S/C38H38F4N6O5/c1-21(49)35-27-13-25(26-17-43-22(2)44-18-26)12-24-8-5-3-4-6-11-32(51)45-20-37-15-28(48(31(37)16-37)33(52)19-47(46-35)36(24)27)29(50)14-23-9-7-10-30(34(23)39)53-38(40,41)42/h7,9-10,12-13,17-18,28,31H,3-6,8,11,14-16,19-20H2,1-2H3,(H,45,51)/t28-,31+,37-/m0/s1. The summed E-state index contributed by atoms with van der Waals surface area (Å²) in [5.41, 5.74) is 2.31. The SMILES string of the molecule is CC(=O)c1nn2c3c(cc(-c4cnc(C)nc4)cc13)CCCCCCC(=O)NC[C@@]13C[C@@H](C(=O)Cc4cccc(OC(F)(F)F)c4F)N(C(=O)C2)[C@@H]1C3. The number of piperidine rings is 1. The smallest absolute Gasteiger partial charge is 0.403 e. The fraction of sp³-hybridized carbons (Fsp3) is 0.447. The summed E-state index contributed by atoms with van der Waals surface area (Å²) in [6.07, 6.45) is 2.46. The maximum atomic E-state index is 15.2. The second-order valence-corrected chi connectivity index (χ2v) is 14.3. The Morgan fingerprint density at radius 2 is 1.75 bits per heavy atom. The first-order valence-electron chi connectivity index (χ1n) is 17.7. The van der Waals surface area contributed by atoms with Crippen molar-refractivity contribution in [3.05, 3.63) is 71.2 Å². The summed E-state index contributed by atoms with van der Waals surface area (Å²) in [6.45, 7) is 3.12. The highest BCUT2D eigenvalue weighted by Gasteiger charge is 2.66. The molecule has 0 spiro atoms. The number of carbonyl (C=O) groups excluding carboxylic acids is 4. The van der Waals surface area contributed by atoms with Crippen LogP contribution in [-0.4, -0.2) is 73.0 Å². The summed E-state index contributed by atoms with van der Waals surface area (Å²) >= 11 is 0. The molecule has 2 fully saturated rings. The van der Waals surface area contributed by atoms with Crippen LogP contribution in [0.4, 0.5) is 17.6 Å². The van der Waals surface area contributed by atoms with E-state index < -0.39 is 53.5 Å². The molecule has 15 heteroatoms. The first kappa shape index (κ1) is 36.2. The fourth-order valence-corrected chi connectivity index (χ4v) is 7.93. The molecule has 2 bridgehead atoms. The molecule has 1 saturated heterocycles. The topological polar surface area (TPSA) is 136 Å². The van der Waals surface area contributed by atoms with Gasteiger partial charge in [0.25, 0.3) is 0 Å². The summed E-state index contributed by atoms with van der Waals surface area (Å²) in [7, 11) is 0. The van der Waals surface area contributed by atoms with E-state index in [1.54, 1.807) is 19.3 Å². The average Bonchev–Trinajstić information content (AvgIpc) is 3.51. The Bertz CT molecular complexity index is 2120. The summed E-state index contributed by atoms with van der Waals surface area (Å²) in [5.74, 6) is -3.21. The van der Waals surface area contributed by atoms with Gasteiger partial charge in [0.05, 0.1) is 11.6 Å². The van der Waals surface area contributed by atoms with Crippen LogP contribution in [0.5, 0.6) is 5.75 Å². The summed E-state index contributed by atoms with van der Waals surface area (Å²) in [4.78, 5) is 64.3. The number of rotatable bonds is 6. The molecular weight excluding hydrogens is 696 g/mol. The number of alkyl halides is 3. The maximum absolute atomic E-state index is 15.2. The number of amides is 2. The summed E-state index contributed by atoms with van der Waals surface area (Å²) in [5, 5.41) is 8.20. The van der Waals surface area contributed by atoms with E-state index in [4.69, 9.17) is 0 Å². The molecule has 2 aromatic heterocycles. The van der Waals surface area contributed by atoms with Crippen molar-refractivity contribution in [2.24, 2.45) is 5.41 Å². The number of Topliss-reactive ketones (excluding diaryl/α,β-unsaturated/α-hetero) is 2. The van der Waals surface area contributed by atoms with Gasteiger partial charge in [-0.3, -0.25) is 23.9 Å². The molecule has 4 aromatic rings. The molecule has 1 N–H and O–H groups in total. The zero-order valence-electron chi connectivity index (χ0n) is 29.3. The molecule has 1 aliphatic carbocycles. The number of aromatic nitrogens is 4. The van der Waals surface area contributed by atoms with Crippen molar-refractivity contribution in [2.75, 3.05) is 6.54 Å². The largest absolute Gasteiger partial charge is 0.573 e. The molecule has 11 nitrogen and oxygen atoms in total. The van der Waals surface area contributed by atoms with Crippen LogP contribution in [-0.2, 0) is 33.8 Å². The van der Waals surface area contributed by atoms with Gasteiger partial charge in [0, 0.05) is 61.1 Å². The van der Waals surface area contributed by atoms with Crippen molar-refractivity contribution in [3.8, 4) is 16.9 Å². The highest BCUT2D eigenvalue weighted by molar-refractivity contribution is 6.07. The Morgan fingerprint density at radius 1 is 1.02 bits per heavy atom. The van der Waals surface area contributed by atoms with Crippen molar-refractivity contribution < 1.29 is 41.5 Å². The lowest BCUT2D eigenvalue weighted by atomic mass is 9.94. The minimum absolute atomic E-state index is 0.128. The van der Waals surface area contributed by atoms with Crippen molar-refractivity contribution in [1.82, 2.24) is 30.0 Å². The van der Waals surface area contributed by atoms with Gasteiger partial charge in [-0.1, -0.05) is 25.0 Å². The van der Waals surface area contributed by atoms with Gasteiger partial charge in [-0.25, -0.2) is 14.4 Å². The van der Waals surface area contributed by atoms with Gasteiger partial charge < -0.3 is 15.0 Å². The lowest BCUT2D eigenvalue weighted by Crippen LogP contribution is -2.45. The third-order valence-electron chi connectivity index (χ3n) is 10.6. The molecule has 0 radical (unpaired) electrons. The lowest BCUT2D eigenvalue weighted by molar-refractivity contribution is -0.275. The molecule has 53 heavy (non-hydrogen) atoms. The quantitative estimate of drug-likeness (QED) is 0.193. The Morgan fingerprint density at radius 3 is 2.47 bits per heavy atom. The lowest BCUT2D eigenvalue weighted by Gasteiger charge is -2.27. The second-order valence-electron chi connectivity index (χ2n) is 14.3. The number of benzene rings is 2. The van der Waals surface area contributed by atoms with Gasteiger partial charge >= 0.3 is 6.36 Å². The third kappa shape index (κ3) is 7.38. The van der Waals surface area contributed by atoms with Crippen LogP contribution in [0.2, 0.25) is 0 Å². The van der Waals surface area contributed by atoms with Gasteiger partial charge in [-0.05, 0) is 73.9 Å². The number of carbonyl (C=O) groups is 4. The van der Waals surface area contributed by atoms with Gasteiger partial charge in [0.15, 0.2) is 23.1 Å². The van der Waals surface area contributed by atoms with E-state index in [0.717, 1.165) is 48.1 Å². The normalized spacial score (nSPS) is 22.3. The fourth-order valence-electron chi connectivity index (χ4n) is 7.93. The van der Waals surface area contributed by atoms with Crippen LogP contribution in [0.3, 0.4) is 0 Å². The monoisotopic (exact) mass is 734 g/mol. The molecule has 7 rings (SSSR count). The number of ketones is 2. The maximum Gasteiger partial charge on any atom is 0.573 e. The van der Waals surface area contributed by atoms with Gasteiger partial charge in [-0.2, -0.15) is 5.10 Å². The van der Waals surface area contributed by atoms with Gasteiger partial charge in [0.1, 0.15) is 18.1 Å². The van der Waals surface area contributed by atoms with E-state index in [9.17, 15) is 32.3 Å². The Balaban J connectivity index is 1.26. The average molecular weight is 735 g/mol. The molecule has 2 aromatic carbocycles. The van der Waals surface area contributed by atoms with E-state index >= 15 is 4.39 Å². The summed E-state index contributed by atoms with van der Waals surface area (Å²) < 4.78 is 59.2. The van der Waals surface area contributed by atoms with Crippen LogP contribution in [0, 0.1) is 18.2 Å². The number of nitrogens with one attached hydrogen (secondary N) is 1. The molecule has 4 heterocycles. The molecule has 3 aliphatic rings. The number of hydrogen-bond donors (Lipinski definition) is 1. The predicted octanol–water partition coefficient (Wildman–Crippen LogP) is 5.84. The van der Waals surface area contributed by atoms with E-state index in [2.05, 4.69) is 25.1 Å². The van der Waals surface area contributed by atoms with Crippen LogP contribution in [0.15, 0.2) is 42.7 Å². The van der Waals surface area contributed by atoms with Crippen molar-refractivity contribution in [2.45, 2.75) is 96.6 Å². The van der Waals surface area contributed by atoms with E-state index in [0.29, 0.717) is 42.4 Å². The third-order valence-corrected chi connectivity index (χ3v) is 10.6. The van der Waals surface area contributed by atoms with E-state index in [1.165, 1.54) is 22.6 Å². The number of hydrogen-bond acceptors (Lipinski definition) is 8. The Labute approximate surface area is 302 Å². The van der Waals surface area contributed by atoms with Crippen LogP contribution >= 0.6 is 0 Å².